The molecule has 0 aliphatic rings. The van der Waals surface area contributed by atoms with E-state index < -0.39 is 0 Å². The zero-order valence-electron chi connectivity index (χ0n) is 14.5. The molecule has 4 nitrogen and oxygen atoms in total. The first kappa shape index (κ1) is 19.0. The predicted octanol–water partition coefficient (Wildman–Crippen LogP) is 3.82. The van der Waals surface area contributed by atoms with Gasteiger partial charge in [0.2, 0.25) is 0 Å². The van der Waals surface area contributed by atoms with Gasteiger partial charge in [-0.25, -0.2) is 4.98 Å². The number of aryl methyl sites for hydroxylation is 1. The summed E-state index contributed by atoms with van der Waals surface area (Å²) in [5.74, 6) is 0.869. The molecule has 1 heterocycles. The van der Waals surface area contributed by atoms with Crippen LogP contribution in [-0.4, -0.2) is 42.0 Å². The van der Waals surface area contributed by atoms with E-state index in [1.54, 1.807) is 23.1 Å². The van der Waals surface area contributed by atoms with Crippen LogP contribution < -0.4 is 5.32 Å². The smallest absolute Gasteiger partial charge is 0.251 e. The van der Waals surface area contributed by atoms with Crippen molar-refractivity contribution in [2.24, 2.45) is 0 Å². The summed E-state index contributed by atoms with van der Waals surface area (Å²) in [6, 6.07) is 7.84. The van der Waals surface area contributed by atoms with Crippen molar-refractivity contribution in [3.63, 3.8) is 0 Å². The maximum Gasteiger partial charge on any atom is 0.251 e. The number of aromatic nitrogens is 1. The quantitative estimate of drug-likeness (QED) is 0.688. The minimum atomic E-state index is -0.00286. The molecular formula is C18H25N3OS2. The normalized spacial score (nSPS) is 11.0. The molecule has 6 heteroatoms. The molecule has 130 valence electrons. The summed E-state index contributed by atoms with van der Waals surface area (Å²) < 4.78 is 1.09. The van der Waals surface area contributed by atoms with Gasteiger partial charge in [0.25, 0.3) is 5.91 Å². The summed E-state index contributed by atoms with van der Waals surface area (Å²) in [6.07, 6.45) is 0. The highest BCUT2D eigenvalue weighted by Crippen LogP contribution is 2.26. The number of amides is 1. The van der Waals surface area contributed by atoms with E-state index in [0.717, 1.165) is 35.4 Å². The van der Waals surface area contributed by atoms with Gasteiger partial charge in [-0.15, -0.1) is 11.3 Å². The summed E-state index contributed by atoms with van der Waals surface area (Å²) in [4.78, 5) is 18.9. The van der Waals surface area contributed by atoms with Crippen LogP contribution in [-0.2, 0) is 5.75 Å². The van der Waals surface area contributed by atoms with E-state index >= 15 is 0 Å². The van der Waals surface area contributed by atoms with Crippen LogP contribution in [0.25, 0.3) is 0 Å². The van der Waals surface area contributed by atoms with Crippen molar-refractivity contribution in [3.05, 3.63) is 46.5 Å². The van der Waals surface area contributed by atoms with Gasteiger partial charge < -0.3 is 10.2 Å². The van der Waals surface area contributed by atoms with Crippen molar-refractivity contribution >= 4 is 29.0 Å². The van der Waals surface area contributed by atoms with Gasteiger partial charge >= 0.3 is 0 Å². The van der Waals surface area contributed by atoms with Crippen molar-refractivity contribution in [2.45, 2.75) is 30.9 Å². The molecule has 0 saturated heterocycles. The Balaban J connectivity index is 1.79. The number of likely N-dealkylation sites (N-methyl/N-ethyl adjacent to an activating group) is 1. The number of hydrogen-bond donors (Lipinski definition) is 1. The topological polar surface area (TPSA) is 45.2 Å². The Morgan fingerprint density at radius 1 is 1.25 bits per heavy atom. The van der Waals surface area contributed by atoms with Crippen molar-refractivity contribution in [3.8, 4) is 0 Å². The highest BCUT2D eigenvalue weighted by atomic mass is 32.2. The lowest BCUT2D eigenvalue weighted by Crippen LogP contribution is -2.34. The molecule has 2 rings (SSSR count). The van der Waals surface area contributed by atoms with Crippen molar-refractivity contribution in [2.75, 3.05) is 26.2 Å². The zero-order chi connectivity index (χ0) is 17.4. The monoisotopic (exact) mass is 363 g/mol. The minimum absolute atomic E-state index is 0.00286. The summed E-state index contributed by atoms with van der Waals surface area (Å²) in [7, 11) is 0. The molecule has 2 aromatic rings. The summed E-state index contributed by atoms with van der Waals surface area (Å²) in [6.45, 7) is 9.87. The van der Waals surface area contributed by atoms with Gasteiger partial charge in [-0.3, -0.25) is 4.79 Å². The molecule has 0 fully saturated rings. The Kier molecular flexibility index (Phi) is 7.75. The second kappa shape index (κ2) is 9.81. The van der Waals surface area contributed by atoms with Crippen molar-refractivity contribution < 1.29 is 4.79 Å². The molecule has 0 spiro atoms. The van der Waals surface area contributed by atoms with Gasteiger partial charge in [0.15, 0.2) is 0 Å². The second-order valence-electron chi connectivity index (χ2n) is 5.52. The number of carbonyl (C=O) groups is 1. The van der Waals surface area contributed by atoms with Crippen LogP contribution >= 0.6 is 23.1 Å². The first-order valence-corrected chi connectivity index (χ1v) is 10.1. The van der Waals surface area contributed by atoms with Crippen LogP contribution in [0, 0.1) is 6.92 Å². The molecule has 0 saturated carbocycles. The van der Waals surface area contributed by atoms with Crippen LogP contribution in [0.4, 0.5) is 0 Å². The number of hydrogen-bond acceptors (Lipinski definition) is 5. The number of rotatable bonds is 9. The number of thioether (sulfide) groups is 1. The van der Waals surface area contributed by atoms with Crippen LogP contribution in [0.2, 0.25) is 0 Å². The average molecular weight is 364 g/mol. The molecule has 0 radical (unpaired) electrons. The SMILES string of the molecule is CCN(CC)CCNC(=O)c1ccc(CSc2nc(C)cs2)cc1. The van der Waals surface area contributed by atoms with E-state index in [1.807, 2.05) is 31.2 Å². The zero-order valence-corrected chi connectivity index (χ0v) is 16.2. The summed E-state index contributed by atoms with van der Waals surface area (Å²) in [5, 5.41) is 5.05. The van der Waals surface area contributed by atoms with Crippen LogP contribution in [0.15, 0.2) is 34.0 Å². The molecule has 1 amide bonds. The fourth-order valence-electron chi connectivity index (χ4n) is 2.27. The van der Waals surface area contributed by atoms with E-state index in [9.17, 15) is 4.79 Å². The molecule has 0 aliphatic heterocycles. The van der Waals surface area contributed by atoms with Gasteiger partial charge in [0.05, 0.1) is 0 Å². The third-order valence-corrected chi connectivity index (χ3v) is 5.99. The van der Waals surface area contributed by atoms with Crippen molar-refractivity contribution in [1.29, 1.82) is 0 Å². The highest BCUT2D eigenvalue weighted by Gasteiger charge is 2.07. The Bertz CT molecular complexity index is 636. The average Bonchev–Trinajstić information content (AvgIpc) is 3.02. The Morgan fingerprint density at radius 2 is 1.96 bits per heavy atom. The summed E-state index contributed by atoms with van der Waals surface area (Å²) in [5.41, 5.74) is 2.99. The van der Waals surface area contributed by atoms with Gasteiger partial charge in [0, 0.05) is 35.5 Å². The van der Waals surface area contributed by atoms with E-state index in [4.69, 9.17) is 0 Å². The van der Waals surface area contributed by atoms with Gasteiger partial charge in [0.1, 0.15) is 4.34 Å². The fourth-order valence-corrected chi connectivity index (χ4v) is 4.07. The molecule has 0 unspecified atom stereocenters. The number of carbonyl (C=O) groups excluding carboxylic acids is 1. The Morgan fingerprint density at radius 3 is 2.54 bits per heavy atom. The standard InChI is InChI=1S/C18H25N3OS2/c1-4-21(5-2)11-10-19-17(22)16-8-6-15(7-9-16)13-24-18-20-14(3)12-23-18/h6-9,12H,4-5,10-11,13H2,1-3H3,(H,19,22). The van der Waals surface area contributed by atoms with E-state index in [0.29, 0.717) is 12.1 Å². The van der Waals surface area contributed by atoms with Crippen LogP contribution in [0.3, 0.4) is 0 Å². The molecule has 0 atom stereocenters. The lowest BCUT2D eigenvalue weighted by molar-refractivity contribution is 0.0949. The first-order chi connectivity index (χ1) is 11.6. The predicted molar refractivity (Wildman–Crippen MR) is 103 cm³/mol. The number of thiazole rings is 1. The molecule has 0 aliphatic carbocycles. The minimum Gasteiger partial charge on any atom is -0.351 e. The lowest BCUT2D eigenvalue weighted by atomic mass is 10.1. The Labute approximate surface area is 152 Å². The second-order valence-corrected chi connectivity index (χ2v) is 7.60. The maximum absolute atomic E-state index is 12.2. The first-order valence-electron chi connectivity index (χ1n) is 8.26. The van der Waals surface area contributed by atoms with Crippen LogP contribution in [0.5, 0.6) is 0 Å². The third-order valence-electron chi connectivity index (χ3n) is 3.78. The molecule has 24 heavy (non-hydrogen) atoms. The third kappa shape index (κ3) is 5.92. The van der Waals surface area contributed by atoms with Gasteiger partial charge in [-0.1, -0.05) is 37.7 Å². The molecular weight excluding hydrogens is 338 g/mol. The largest absolute Gasteiger partial charge is 0.351 e. The maximum atomic E-state index is 12.2. The molecule has 1 aromatic heterocycles. The number of nitrogens with one attached hydrogen (secondary N) is 1. The highest BCUT2D eigenvalue weighted by molar-refractivity contribution is 8.00. The molecule has 1 aromatic carbocycles. The summed E-state index contributed by atoms with van der Waals surface area (Å²) >= 11 is 3.41. The number of nitrogens with zero attached hydrogens (tertiary/aromatic N) is 2. The van der Waals surface area contributed by atoms with Crippen molar-refractivity contribution in [1.82, 2.24) is 15.2 Å². The van der Waals surface area contributed by atoms with Gasteiger partial charge in [-0.05, 0) is 37.7 Å². The lowest BCUT2D eigenvalue weighted by Gasteiger charge is -2.17. The Hall–Kier alpha value is -1.37. The van der Waals surface area contributed by atoms with Gasteiger partial charge in [-0.2, -0.15) is 0 Å². The molecule has 1 N–H and O–H groups in total. The van der Waals surface area contributed by atoms with E-state index in [1.165, 1.54) is 5.56 Å². The van der Waals surface area contributed by atoms with E-state index in [-0.39, 0.29) is 5.91 Å². The molecule has 0 bridgehead atoms. The number of benzene rings is 1. The fraction of sp³-hybridized carbons (Fsp3) is 0.444. The van der Waals surface area contributed by atoms with E-state index in [2.05, 4.69) is 34.4 Å². The van der Waals surface area contributed by atoms with Crippen LogP contribution in [0.1, 0.15) is 35.5 Å².